The number of anilines is 3. The predicted octanol–water partition coefficient (Wildman–Crippen LogP) is 2.85. The highest BCUT2D eigenvalue weighted by Crippen LogP contribution is 2.31. The molecule has 0 spiro atoms. The number of nitrogens with zero attached hydrogens (tertiary/aromatic N) is 4. The van der Waals surface area contributed by atoms with Crippen molar-refractivity contribution in [2.24, 2.45) is 0 Å². The lowest BCUT2D eigenvalue weighted by atomic mass is 10.2. The maximum atomic E-state index is 15.0. The van der Waals surface area contributed by atoms with Crippen LogP contribution in [0.5, 0.6) is 5.88 Å². The molecule has 172 valence electrons. The van der Waals surface area contributed by atoms with Gasteiger partial charge in [0.25, 0.3) is 0 Å². The molecule has 1 aromatic carbocycles. The Morgan fingerprint density at radius 1 is 1.22 bits per heavy atom. The van der Waals surface area contributed by atoms with Gasteiger partial charge < -0.3 is 10.1 Å². The first-order chi connectivity index (χ1) is 15.2. The minimum atomic E-state index is -3.82. The molecular formula is C18H21F2N7O4S. The van der Waals surface area contributed by atoms with Gasteiger partial charge in [-0.1, -0.05) is 6.92 Å². The van der Waals surface area contributed by atoms with E-state index in [4.69, 9.17) is 4.74 Å². The molecule has 11 nitrogen and oxygen atoms in total. The van der Waals surface area contributed by atoms with Crippen molar-refractivity contribution in [3.63, 3.8) is 0 Å². The molecule has 3 rings (SSSR count). The lowest BCUT2D eigenvalue weighted by molar-refractivity contribution is 0.262. The summed E-state index contributed by atoms with van der Waals surface area (Å²) in [6.07, 6.45) is 1.47. The number of hydrogen-bond acceptors (Lipinski definition) is 7. The van der Waals surface area contributed by atoms with Gasteiger partial charge in [0.2, 0.25) is 15.9 Å². The van der Waals surface area contributed by atoms with Crippen LogP contribution in [-0.4, -0.2) is 54.0 Å². The first kappa shape index (κ1) is 23.1. The van der Waals surface area contributed by atoms with Gasteiger partial charge in [0.1, 0.15) is 23.2 Å². The van der Waals surface area contributed by atoms with Crippen molar-refractivity contribution in [2.45, 2.75) is 20.3 Å². The summed E-state index contributed by atoms with van der Waals surface area (Å²) in [4.78, 5) is 20.4. The molecule has 0 unspecified atom stereocenters. The third-order valence-corrected chi connectivity index (χ3v) is 6.32. The normalized spacial score (nSPS) is 11.4. The Morgan fingerprint density at radius 2 is 1.97 bits per heavy atom. The van der Waals surface area contributed by atoms with E-state index in [2.05, 4.69) is 30.8 Å². The van der Waals surface area contributed by atoms with E-state index in [0.717, 1.165) is 25.5 Å². The molecule has 0 fully saturated rings. The second-order valence-corrected chi connectivity index (χ2v) is 8.65. The number of carbonyl (C=O) groups excluding carboxylic acids is 1. The fourth-order valence-electron chi connectivity index (χ4n) is 2.86. The number of amides is 2. The molecule has 32 heavy (non-hydrogen) atoms. The molecule has 0 atom stereocenters. The van der Waals surface area contributed by atoms with Crippen molar-refractivity contribution in [3.05, 3.63) is 30.1 Å². The first-order valence-electron chi connectivity index (χ1n) is 9.54. The SMILES string of the molecule is CCCS(=O)(=O)N(C)c1ccc(F)c(NC(=O)Nc2ncnc3[nH]nc(OCC)c23)c1F. The number of hydrogen-bond donors (Lipinski definition) is 3. The van der Waals surface area contributed by atoms with Gasteiger partial charge >= 0.3 is 6.03 Å². The van der Waals surface area contributed by atoms with Crippen LogP contribution in [0.4, 0.5) is 30.8 Å². The average molecular weight is 469 g/mol. The minimum absolute atomic E-state index is 0.00990. The molecule has 2 heterocycles. The fraction of sp³-hybridized carbons (Fsp3) is 0.333. The van der Waals surface area contributed by atoms with E-state index in [1.807, 2.05) is 0 Å². The maximum Gasteiger partial charge on any atom is 0.325 e. The van der Waals surface area contributed by atoms with Crippen LogP contribution in [-0.2, 0) is 10.0 Å². The summed E-state index contributed by atoms with van der Waals surface area (Å²) in [5, 5.41) is 11.2. The standard InChI is InChI=1S/C18H21F2N7O4S/c1-4-8-32(29,30)27(3)11-7-6-10(19)14(13(11)20)23-18(28)24-15-12-16(22-9-21-15)25-26-17(12)31-5-2/h6-7,9H,4-5,8H2,1-3H3,(H3,21,22,23,24,25,26,28). The van der Waals surface area contributed by atoms with Gasteiger partial charge in [-0.3, -0.25) is 14.7 Å². The zero-order valence-electron chi connectivity index (χ0n) is 17.4. The average Bonchev–Trinajstić information content (AvgIpc) is 3.15. The van der Waals surface area contributed by atoms with Crippen molar-refractivity contribution >= 4 is 44.3 Å². The van der Waals surface area contributed by atoms with Crippen LogP contribution in [0.1, 0.15) is 20.3 Å². The fourth-order valence-corrected chi connectivity index (χ4v) is 4.10. The number of halogens is 2. The largest absolute Gasteiger partial charge is 0.476 e. The summed E-state index contributed by atoms with van der Waals surface area (Å²) in [6, 6.07) is 0.815. The van der Waals surface area contributed by atoms with Crippen LogP contribution < -0.4 is 19.7 Å². The van der Waals surface area contributed by atoms with E-state index in [-0.39, 0.29) is 35.1 Å². The summed E-state index contributed by atoms with van der Waals surface area (Å²) < 4.78 is 59.8. The summed E-state index contributed by atoms with van der Waals surface area (Å²) in [6.45, 7) is 3.68. The molecule has 0 aliphatic rings. The first-order valence-corrected chi connectivity index (χ1v) is 11.1. The van der Waals surface area contributed by atoms with E-state index in [1.165, 1.54) is 0 Å². The van der Waals surface area contributed by atoms with E-state index >= 15 is 0 Å². The number of aromatic amines is 1. The maximum absolute atomic E-state index is 15.0. The van der Waals surface area contributed by atoms with E-state index in [1.54, 1.807) is 13.8 Å². The third-order valence-electron chi connectivity index (χ3n) is 4.37. The number of sulfonamides is 1. The quantitative estimate of drug-likeness (QED) is 0.460. The molecule has 0 aliphatic carbocycles. The Labute approximate surface area is 182 Å². The molecule has 2 amide bonds. The van der Waals surface area contributed by atoms with Crippen molar-refractivity contribution in [1.82, 2.24) is 20.2 Å². The smallest absolute Gasteiger partial charge is 0.325 e. The highest BCUT2D eigenvalue weighted by atomic mass is 32.2. The second kappa shape index (κ2) is 9.30. The summed E-state index contributed by atoms with van der Waals surface area (Å²) in [7, 11) is -2.67. The van der Waals surface area contributed by atoms with Gasteiger partial charge in [0, 0.05) is 7.05 Å². The molecule has 0 aliphatic heterocycles. The van der Waals surface area contributed by atoms with Crippen molar-refractivity contribution in [3.8, 4) is 5.88 Å². The Morgan fingerprint density at radius 3 is 2.66 bits per heavy atom. The van der Waals surface area contributed by atoms with Crippen molar-refractivity contribution in [2.75, 3.05) is 34.3 Å². The Hall–Kier alpha value is -3.55. The predicted molar refractivity (Wildman–Crippen MR) is 114 cm³/mol. The van der Waals surface area contributed by atoms with Crippen LogP contribution >= 0.6 is 0 Å². The highest BCUT2D eigenvalue weighted by Gasteiger charge is 2.25. The molecule has 14 heteroatoms. The molecule has 3 aromatic rings. The molecule has 3 N–H and O–H groups in total. The number of benzene rings is 1. The second-order valence-electron chi connectivity index (χ2n) is 6.53. The lowest BCUT2D eigenvalue weighted by Crippen LogP contribution is -2.30. The number of nitrogens with one attached hydrogen (secondary N) is 3. The van der Waals surface area contributed by atoms with Crippen LogP contribution in [0.15, 0.2) is 18.5 Å². The van der Waals surface area contributed by atoms with E-state index in [0.29, 0.717) is 10.7 Å². The Balaban J connectivity index is 1.89. The summed E-state index contributed by atoms with van der Waals surface area (Å²) in [5.74, 6) is -2.42. The molecule has 0 radical (unpaired) electrons. The van der Waals surface area contributed by atoms with Gasteiger partial charge in [0.15, 0.2) is 17.3 Å². The van der Waals surface area contributed by atoms with Crippen molar-refractivity contribution < 1.29 is 26.7 Å². The summed E-state index contributed by atoms with van der Waals surface area (Å²) in [5.41, 5.74) is -0.949. The van der Waals surface area contributed by atoms with Crippen LogP contribution in [0.3, 0.4) is 0 Å². The summed E-state index contributed by atoms with van der Waals surface area (Å²) >= 11 is 0. The van der Waals surface area contributed by atoms with Crippen LogP contribution in [0, 0.1) is 11.6 Å². The monoisotopic (exact) mass is 469 g/mol. The van der Waals surface area contributed by atoms with Gasteiger partial charge in [-0.25, -0.2) is 32.0 Å². The number of urea groups is 1. The van der Waals surface area contributed by atoms with Crippen molar-refractivity contribution in [1.29, 1.82) is 0 Å². The van der Waals surface area contributed by atoms with Gasteiger partial charge in [-0.05, 0) is 25.5 Å². The number of carbonyl (C=O) groups is 1. The van der Waals surface area contributed by atoms with Gasteiger partial charge in [0.05, 0.1) is 18.0 Å². The van der Waals surface area contributed by atoms with Crippen LogP contribution in [0.2, 0.25) is 0 Å². The molecule has 2 aromatic heterocycles. The lowest BCUT2D eigenvalue weighted by Gasteiger charge is -2.21. The number of H-pyrrole nitrogens is 1. The number of fused-ring (bicyclic) bond motifs is 1. The van der Waals surface area contributed by atoms with Gasteiger partial charge in [-0.15, -0.1) is 5.10 Å². The minimum Gasteiger partial charge on any atom is -0.476 e. The Kier molecular flexibility index (Phi) is 6.72. The zero-order chi connectivity index (χ0) is 23.5. The molecule has 0 saturated heterocycles. The zero-order valence-corrected chi connectivity index (χ0v) is 18.3. The third kappa shape index (κ3) is 4.54. The highest BCUT2D eigenvalue weighted by molar-refractivity contribution is 7.92. The molecule has 0 bridgehead atoms. The van der Waals surface area contributed by atoms with E-state index in [9.17, 15) is 22.0 Å². The number of aromatic nitrogens is 4. The molecular weight excluding hydrogens is 448 g/mol. The number of ether oxygens (including phenoxy) is 1. The number of rotatable bonds is 8. The van der Waals surface area contributed by atoms with Crippen LogP contribution in [0.25, 0.3) is 11.0 Å². The van der Waals surface area contributed by atoms with E-state index < -0.39 is 39.1 Å². The Bertz CT molecular complexity index is 1250. The van der Waals surface area contributed by atoms with Gasteiger partial charge in [-0.2, -0.15) is 0 Å². The topological polar surface area (TPSA) is 142 Å². The molecule has 0 saturated carbocycles.